The number of aryl methyl sites for hydroxylation is 2. The highest BCUT2D eigenvalue weighted by molar-refractivity contribution is 5.89. The zero-order chi connectivity index (χ0) is 17.4. The number of benzene rings is 1. The van der Waals surface area contributed by atoms with E-state index in [0.29, 0.717) is 31.8 Å². The quantitative estimate of drug-likeness (QED) is 0.686. The molecule has 7 nitrogen and oxygen atoms in total. The molecule has 0 aliphatic heterocycles. The maximum Gasteiger partial charge on any atom is 0.225 e. The lowest BCUT2D eigenvalue weighted by atomic mass is 10.2. The second-order valence-electron chi connectivity index (χ2n) is 5.45. The van der Waals surface area contributed by atoms with E-state index in [2.05, 4.69) is 10.4 Å². The van der Waals surface area contributed by atoms with Crippen LogP contribution in [0.15, 0.2) is 36.5 Å². The molecule has 0 saturated carbocycles. The van der Waals surface area contributed by atoms with Gasteiger partial charge in [-0.3, -0.25) is 14.3 Å². The number of hydrogen-bond donors (Lipinski definition) is 2. The first-order valence-electron chi connectivity index (χ1n) is 7.84. The van der Waals surface area contributed by atoms with Crippen molar-refractivity contribution in [2.24, 2.45) is 5.73 Å². The van der Waals surface area contributed by atoms with Gasteiger partial charge in [0.2, 0.25) is 11.8 Å². The molecule has 3 N–H and O–H groups in total. The van der Waals surface area contributed by atoms with Crippen molar-refractivity contribution in [3.05, 3.63) is 42.1 Å². The fourth-order valence-corrected chi connectivity index (χ4v) is 2.12. The average Bonchev–Trinajstić information content (AvgIpc) is 2.98. The fourth-order valence-electron chi connectivity index (χ4n) is 2.12. The van der Waals surface area contributed by atoms with Crippen LogP contribution >= 0.6 is 0 Å². The van der Waals surface area contributed by atoms with E-state index in [9.17, 15) is 9.59 Å². The largest absolute Gasteiger partial charge is 0.493 e. The minimum absolute atomic E-state index is 0.122. The molecule has 1 aromatic carbocycles. The molecule has 1 heterocycles. The lowest BCUT2D eigenvalue weighted by Gasteiger charge is -2.08. The zero-order valence-corrected chi connectivity index (χ0v) is 13.7. The molecule has 0 bridgehead atoms. The van der Waals surface area contributed by atoms with Crippen LogP contribution in [0.1, 0.15) is 24.8 Å². The van der Waals surface area contributed by atoms with E-state index in [1.807, 2.05) is 31.2 Å². The average molecular weight is 330 g/mol. The molecule has 0 unspecified atom stereocenters. The van der Waals surface area contributed by atoms with Crippen molar-refractivity contribution in [2.45, 2.75) is 32.7 Å². The summed E-state index contributed by atoms with van der Waals surface area (Å²) in [7, 11) is 0. The summed E-state index contributed by atoms with van der Waals surface area (Å²) in [6.07, 6.45) is 2.87. The Morgan fingerprint density at radius 3 is 2.79 bits per heavy atom. The number of carbonyl (C=O) groups is 2. The number of rotatable bonds is 9. The highest BCUT2D eigenvalue weighted by Gasteiger charge is 2.06. The van der Waals surface area contributed by atoms with Gasteiger partial charge < -0.3 is 15.8 Å². The first kappa shape index (κ1) is 17.5. The summed E-state index contributed by atoms with van der Waals surface area (Å²) in [5, 5.41) is 6.87. The maximum atomic E-state index is 11.9. The van der Waals surface area contributed by atoms with Gasteiger partial charge in [-0.1, -0.05) is 18.2 Å². The van der Waals surface area contributed by atoms with Crippen LogP contribution in [0.2, 0.25) is 0 Å². The van der Waals surface area contributed by atoms with Crippen molar-refractivity contribution >= 4 is 17.6 Å². The molecule has 0 saturated heterocycles. The first-order chi connectivity index (χ1) is 11.5. The maximum absolute atomic E-state index is 11.9. The molecule has 0 spiro atoms. The van der Waals surface area contributed by atoms with Gasteiger partial charge in [0.1, 0.15) is 5.75 Å². The Bertz CT molecular complexity index is 697. The first-order valence-corrected chi connectivity index (χ1v) is 7.84. The van der Waals surface area contributed by atoms with Crippen LogP contribution in [0.3, 0.4) is 0 Å². The number of ether oxygens (including phenoxy) is 1. The summed E-state index contributed by atoms with van der Waals surface area (Å²) in [5.41, 5.74) is 6.16. The van der Waals surface area contributed by atoms with E-state index < -0.39 is 0 Å². The fraction of sp³-hybridized carbons (Fsp3) is 0.353. The van der Waals surface area contributed by atoms with Gasteiger partial charge in [-0.15, -0.1) is 0 Å². The topological polar surface area (TPSA) is 99.2 Å². The highest BCUT2D eigenvalue weighted by atomic mass is 16.5. The van der Waals surface area contributed by atoms with Gasteiger partial charge in [0, 0.05) is 31.6 Å². The SMILES string of the molecule is Cc1ccccc1OCCCC(=O)Nc1ccn(CCC(N)=O)n1. The van der Waals surface area contributed by atoms with Crippen LogP contribution in [0.5, 0.6) is 5.75 Å². The minimum atomic E-state index is -0.385. The number of anilines is 1. The molecule has 2 amide bonds. The molecular formula is C17H22N4O3. The Kier molecular flexibility index (Phi) is 6.36. The molecule has 1 aromatic heterocycles. The molecule has 128 valence electrons. The van der Waals surface area contributed by atoms with Crippen molar-refractivity contribution in [1.29, 1.82) is 0 Å². The van der Waals surface area contributed by atoms with E-state index in [1.165, 1.54) is 0 Å². The Balaban J connectivity index is 1.68. The number of primary amides is 1. The Morgan fingerprint density at radius 2 is 2.04 bits per heavy atom. The van der Waals surface area contributed by atoms with Gasteiger partial charge in [-0.25, -0.2) is 0 Å². The summed E-state index contributed by atoms with van der Waals surface area (Å²) in [6.45, 7) is 2.86. The molecule has 7 heteroatoms. The van der Waals surface area contributed by atoms with Crippen molar-refractivity contribution < 1.29 is 14.3 Å². The third kappa shape index (κ3) is 5.75. The second kappa shape index (κ2) is 8.71. The van der Waals surface area contributed by atoms with E-state index in [4.69, 9.17) is 10.5 Å². The van der Waals surface area contributed by atoms with Crippen molar-refractivity contribution in [2.75, 3.05) is 11.9 Å². The third-order valence-electron chi connectivity index (χ3n) is 3.39. The van der Waals surface area contributed by atoms with Crippen LogP contribution in [-0.2, 0) is 16.1 Å². The van der Waals surface area contributed by atoms with E-state index in [0.717, 1.165) is 11.3 Å². The van der Waals surface area contributed by atoms with Crippen LogP contribution in [0.4, 0.5) is 5.82 Å². The van der Waals surface area contributed by atoms with E-state index >= 15 is 0 Å². The zero-order valence-electron chi connectivity index (χ0n) is 13.7. The number of nitrogens with one attached hydrogen (secondary N) is 1. The van der Waals surface area contributed by atoms with Gasteiger partial charge in [-0.05, 0) is 25.0 Å². The molecule has 2 aromatic rings. The molecule has 0 aliphatic rings. The van der Waals surface area contributed by atoms with Crippen molar-refractivity contribution in [3.63, 3.8) is 0 Å². The van der Waals surface area contributed by atoms with Crippen LogP contribution in [0, 0.1) is 6.92 Å². The molecule has 0 aliphatic carbocycles. The van der Waals surface area contributed by atoms with Crippen molar-refractivity contribution in [1.82, 2.24) is 9.78 Å². The highest BCUT2D eigenvalue weighted by Crippen LogP contribution is 2.16. The predicted octanol–water partition coefficient (Wildman–Crippen LogP) is 1.86. The molecule has 0 atom stereocenters. The molecule has 0 radical (unpaired) electrons. The summed E-state index contributed by atoms with van der Waals surface area (Å²) in [6, 6.07) is 9.45. The van der Waals surface area contributed by atoms with Gasteiger partial charge in [0.25, 0.3) is 0 Å². The number of nitrogens with two attached hydrogens (primary N) is 1. The lowest BCUT2D eigenvalue weighted by molar-refractivity contribution is -0.118. The van der Waals surface area contributed by atoms with E-state index in [-0.39, 0.29) is 18.2 Å². The van der Waals surface area contributed by atoms with Crippen LogP contribution < -0.4 is 15.8 Å². The molecule has 24 heavy (non-hydrogen) atoms. The van der Waals surface area contributed by atoms with Crippen LogP contribution in [0.25, 0.3) is 0 Å². The van der Waals surface area contributed by atoms with Gasteiger partial charge in [0.15, 0.2) is 5.82 Å². The number of aromatic nitrogens is 2. The lowest BCUT2D eigenvalue weighted by Crippen LogP contribution is -2.15. The Labute approximate surface area is 140 Å². The number of nitrogens with zero attached hydrogens (tertiary/aromatic N) is 2. The standard InChI is InChI=1S/C17H22N4O3/c1-13-5-2-3-6-14(13)24-12-4-7-17(23)19-16-9-11-21(20-16)10-8-15(18)22/h2-3,5-6,9,11H,4,7-8,10,12H2,1H3,(H2,18,22)(H,19,20,23). The Morgan fingerprint density at radius 1 is 1.25 bits per heavy atom. The summed E-state index contributed by atoms with van der Waals surface area (Å²) >= 11 is 0. The van der Waals surface area contributed by atoms with Gasteiger partial charge in [0.05, 0.1) is 6.61 Å². The Hall–Kier alpha value is -2.83. The molecular weight excluding hydrogens is 308 g/mol. The number of para-hydroxylation sites is 1. The number of amides is 2. The third-order valence-corrected chi connectivity index (χ3v) is 3.39. The number of carbonyl (C=O) groups excluding carboxylic acids is 2. The summed E-state index contributed by atoms with van der Waals surface area (Å²) < 4.78 is 7.22. The minimum Gasteiger partial charge on any atom is -0.493 e. The van der Waals surface area contributed by atoms with Crippen LogP contribution in [-0.4, -0.2) is 28.2 Å². The summed E-state index contributed by atoms with van der Waals surface area (Å²) in [5.74, 6) is 0.795. The second-order valence-corrected chi connectivity index (χ2v) is 5.45. The summed E-state index contributed by atoms with van der Waals surface area (Å²) in [4.78, 5) is 22.6. The molecule has 0 fully saturated rings. The predicted molar refractivity (Wildman–Crippen MR) is 90.6 cm³/mol. The van der Waals surface area contributed by atoms with E-state index in [1.54, 1.807) is 16.9 Å². The molecule has 2 rings (SSSR count). The normalized spacial score (nSPS) is 10.4. The van der Waals surface area contributed by atoms with Gasteiger partial charge in [-0.2, -0.15) is 5.10 Å². The smallest absolute Gasteiger partial charge is 0.225 e. The van der Waals surface area contributed by atoms with Crippen molar-refractivity contribution in [3.8, 4) is 5.75 Å². The van der Waals surface area contributed by atoms with Gasteiger partial charge >= 0.3 is 0 Å². The number of hydrogen-bond acceptors (Lipinski definition) is 4. The monoisotopic (exact) mass is 330 g/mol.